The van der Waals surface area contributed by atoms with Gasteiger partial charge in [0.2, 0.25) is 0 Å². The van der Waals surface area contributed by atoms with E-state index in [1.807, 2.05) is 19.1 Å². The Kier molecular flexibility index (Phi) is 8.03. The third-order valence-corrected chi connectivity index (χ3v) is 5.21. The van der Waals surface area contributed by atoms with Gasteiger partial charge in [-0.2, -0.15) is 0 Å². The van der Waals surface area contributed by atoms with E-state index < -0.39 is 0 Å². The Morgan fingerprint density at radius 2 is 1.72 bits per heavy atom. The summed E-state index contributed by atoms with van der Waals surface area (Å²) in [5.41, 5.74) is 4.25. The van der Waals surface area contributed by atoms with Crippen LogP contribution in [0.2, 0.25) is 0 Å². The van der Waals surface area contributed by atoms with Gasteiger partial charge >= 0.3 is 0 Å². The molecule has 2 aromatic carbocycles. The predicted octanol–water partition coefficient (Wildman–Crippen LogP) is 5.23. The van der Waals surface area contributed by atoms with Crippen molar-refractivity contribution in [2.24, 2.45) is 0 Å². The Balaban J connectivity index is 1.58. The lowest BCUT2D eigenvalue weighted by Gasteiger charge is -2.11. The van der Waals surface area contributed by atoms with Gasteiger partial charge in [0.25, 0.3) is 11.8 Å². The second-order valence-electron chi connectivity index (χ2n) is 8.15. The van der Waals surface area contributed by atoms with Crippen LogP contribution in [0.1, 0.15) is 59.0 Å². The largest absolute Gasteiger partial charge is 0.465 e. The molecular formula is C27H30N2O3. The molecule has 0 radical (unpaired) electrons. The van der Waals surface area contributed by atoms with Crippen LogP contribution in [0, 0.1) is 6.92 Å². The number of carbonyl (C=O) groups excluding carboxylic acids is 2. The zero-order chi connectivity index (χ0) is 22.9. The average molecular weight is 431 g/mol. The molecule has 3 rings (SSSR count). The summed E-state index contributed by atoms with van der Waals surface area (Å²) in [7, 11) is 0. The highest BCUT2D eigenvalue weighted by Crippen LogP contribution is 2.15. The van der Waals surface area contributed by atoms with Crippen LogP contribution in [0.3, 0.4) is 0 Å². The number of aryl methyl sites for hydroxylation is 2. The maximum atomic E-state index is 12.8. The summed E-state index contributed by atoms with van der Waals surface area (Å²) in [6, 6.07) is 19.2. The molecular weight excluding hydrogens is 400 g/mol. The zero-order valence-corrected chi connectivity index (χ0v) is 18.9. The lowest BCUT2D eigenvalue weighted by molar-refractivity contribution is -0.117. The Morgan fingerprint density at radius 3 is 2.34 bits per heavy atom. The molecule has 1 heterocycles. The van der Waals surface area contributed by atoms with Crippen LogP contribution >= 0.6 is 0 Å². The smallest absolute Gasteiger partial charge is 0.267 e. The first-order valence-corrected chi connectivity index (χ1v) is 10.9. The monoisotopic (exact) mass is 430 g/mol. The molecule has 0 aliphatic heterocycles. The van der Waals surface area contributed by atoms with E-state index in [2.05, 4.69) is 48.7 Å². The Bertz CT molecular complexity index is 1050. The number of nitrogens with one attached hydrogen (secondary N) is 2. The highest BCUT2D eigenvalue weighted by atomic mass is 16.3. The van der Waals surface area contributed by atoms with Crippen molar-refractivity contribution >= 4 is 17.9 Å². The second kappa shape index (κ2) is 11.1. The fourth-order valence-corrected chi connectivity index (χ4v) is 3.23. The molecule has 5 heteroatoms. The third-order valence-electron chi connectivity index (χ3n) is 5.21. The van der Waals surface area contributed by atoms with Crippen molar-refractivity contribution < 1.29 is 14.0 Å². The van der Waals surface area contributed by atoms with Crippen LogP contribution in [0.4, 0.5) is 0 Å². The summed E-state index contributed by atoms with van der Waals surface area (Å²) in [5, 5.41) is 5.61. The summed E-state index contributed by atoms with van der Waals surface area (Å²) < 4.78 is 5.32. The number of hydrogen-bond donors (Lipinski definition) is 2. The van der Waals surface area contributed by atoms with E-state index in [-0.39, 0.29) is 17.5 Å². The minimum Gasteiger partial charge on any atom is -0.465 e. The molecule has 2 N–H and O–H groups in total. The Labute approximate surface area is 189 Å². The van der Waals surface area contributed by atoms with Gasteiger partial charge in [-0.05, 0) is 61.1 Å². The SMILES string of the molecule is Cc1ccc(C(=O)N/C(=C\c2ccco2)C(=O)NCCCc2ccc(C(C)C)cc2)cc1. The number of benzene rings is 2. The first-order chi connectivity index (χ1) is 15.4. The Morgan fingerprint density at radius 1 is 1.00 bits per heavy atom. The first kappa shape index (κ1) is 23.1. The van der Waals surface area contributed by atoms with Crippen LogP contribution in [-0.4, -0.2) is 18.4 Å². The molecule has 0 bridgehead atoms. The highest BCUT2D eigenvalue weighted by Gasteiger charge is 2.15. The predicted molar refractivity (Wildman–Crippen MR) is 127 cm³/mol. The molecule has 0 aliphatic rings. The summed E-state index contributed by atoms with van der Waals surface area (Å²) in [4.78, 5) is 25.4. The van der Waals surface area contributed by atoms with Gasteiger partial charge < -0.3 is 15.1 Å². The molecule has 32 heavy (non-hydrogen) atoms. The topological polar surface area (TPSA) is 71.3 Å². The number of furan rings is 1. The quantitative estimate of drug-likeness (QED) is 0.361. The summed E-state index contributed by atoms with van der Waals surface area (Å²) in [6.07, 6.45) is 4.72. The van der Waals surface area contributed by atoms with E-state index in [9.17, 15) is 9.59 Å². The molecule has 0 fully saturated rings. The number of hydrogen-bond acceptors (Lipinski definition) is 3. The minimum atomic E-state index is -0.350. The fraction of sp³-hybridized carbons (Fsp3) is 0.259. The van der Waals surface area contributed by atoms with Gasteiger partial charge in [-0.3, -0.25) is 9.59 Å². The zero-order valence-electron chi connectivity index (χ0n) is 18.9. The van der Waals surface area contributed by atoms with Gasteiger partial charge in [-0.15, -0.1) is 0 Å². The molecule has 0 saturated heterocycles. The number of amides is 2. The third kappa shape index (κ3) is 6.71. The standard InChI is InChI=1S/C27H30N2O3/c1-19(2)22-14-10-21(11-15-22)6-4-16-28-27(31)25(18-24-7-5-17-32-24)29-26(30)23-12-8-20(3)9-13-23/h5,7-15,17-19H,4,6,16H2,1-3H3,(H,28,31)(H,29,30)/b25-18-. The van der Waals surface area contributed by atoms with Crippen molar-refractivity contribution in [3.63, 3.8) is 0 Å². The molecule has 0 saturated carbocycles. The first-order valence-electron chi connectivity index (χ1n) is 10.9. The van der Waals surface area contributed by atoms with Crippen LogP contribution in [0.15, 0.2) is 77.0 Å². The minimum absolute atomic E-state index is 0.145. The second-order valence-corrected chi connectivity index (χ2v) is 8.15. The molecule has 166 valence electrons. The number of carbonyl (C=O) groups is 2. The van der Waals surface area contributed by atoms with Crippen LogP contribution < -0.4 is 10.6 Å². The van der Waals surface area contributed by atoms with Crippen molar-refractivity contribution in [1.82, 2.24) is 10.6 Å². The van der Waals surface area contributed by atoms with Gasteiger partial charge in [0, 0.05) is 18.2 Å². The van der Waals surface area contributed by atoms with Crippen molar-refractivity contribution in [3.8, 4) is 0 Å². The van der Waals surface area contributed by atoms with E-state index in [1.165, 1.54) is 23.5 Å². The van der Waals surface area contributed by atoms with E-state index in [1.54, 1.807) is 24.3 Å². The van der Waals surface area contributed by atoms with Gasteiger partial charge in [-0.25, -0.2) is 0 Å². The summed E-state index contributed by atoms with van der Waals surface area (Å²) in [5.74, 6) is 0.308. The van der Waals surface area contributed by atoms with Crippen molar-refractivity contribution in [1.29, 1.82) is 0 Å². The van der Waals surface area contributed by atoms with E-state index in [0.717, 1.165) is 18.4 Å². The van der Waals surface area contributed by atoms with Gasteiger partial charge in [0.1, 0.15) is 11.5 Å². The molecule has 0 unspecified atom stereocenters. The average Bonchev–Trinajstić information content (AvgIpc) is 3.30. The molecule has 0 spiro atoms. The molecule has 2 amide bonds. The number of rotatable bonds is 9. The summed E-state index contributed by atoms with van der Waals surface area (Å²) in [6.45, 7) is 6.81. The normalized spacial score (nSPS) is 11.4. The van der Waals surface area contributed by atoms with Crippen molar-refractivity contribution in [3.05, 3.63) is 101 Å². The Hall–Kier alpha value is -3.60. The fourth-order valence-electron chi connectivity index (χ4n) is 3.23. The molecule has 3 aromatic rings. The molecule has 0 atom stereocenters. The molecule has 0 aliphatic carbocycles. The van der Waals surface area contributed by atoms with E-state index in [4.69, 9.17) is 4.42 Å². The van der Waals surface area contributed by atoms with Crippen LogP contribution in [0.25, 0.3) is 6.08 Å². The molecule has 5 nitrogen and oxygen atoms in total. The highest BCUT2D eigenvalue weighted by molar-refractivity contribution is 6.05. The van der Waals surface area contributed by atoms with Crippen LogP contribution in [0.5, 0.6) is 0 Å². The van der Waals surface area contributed by atoms with E-state index in [0.29, 0.717) is 23.8 Å². The lowest BCUT2D eigenvalue weighted by Crippen LogP contribution is -2.35. The maximum Gasteiger partial charge on any atom is 0.267 e. The van der Waals surface area contributed by atoms with Crippen LogP contribution in [-0.2, 0) is 11.2 Å². The van der Waals surface area contributed by atoms with Crippen molar-refractivity contribution in [2.45, 2.75) is 39.5 Å². The lowest BCUT2D eigenvalue weighted by atomic mass is 10.0. The van der Waals surface area contributed by atoms with Gasteiger partial charge in [-0.1, -0.05) is 55.8 Å². The van der Waals surface area contributed by atoms with Gasteiger partial charge in [0.15, 0.2) is 0 Å². The van der Waals surface area contributed by atoms with Gasteiger partial charge in [0.05, 0.1) is 6.26 Å². The molecule has 1 aromatic heterocycles. The van der Waals surface area contributed by atoms with Crippen molar-refractivity contribution in [2.75, 3.05) is 6.54 Å². The van der Waals surface area contributed by atoms with E-state index >= 15 is 0 Å². The summed E-state index contributed by atoms with van der Waals surface area (Å²) >= 11 is 0. The maximum absolute atomic E-state index is 12.8.